The second-order valence-electron chi connectivity index (χ2n) is 2.73. The van der Waals surface area contributed by atoms with E-state index in [1.54, 1.807) is 12.4 Å². The Hall–Kier alpha value is -1.32. The summed E-state index contributed by atoms with van der Waals surface area (Å²) in [5.74, 6) is 0. The van der Waals surface area contributed by atoms with Crippen LogP contribution in [0.15, 0.2) is 18.7 Å². The van der Waals surface area contributed by atoms with Crippen LogP contribution in [0, 0.1) is 0 Å². The van der Waals surface area contributed by atoms with Crippen LogP contribution in [0.2, 0.25) is 0 Å². The van der Waals surface area contributed by atoms with Gasteiger partial charge in [-0.05, 0) is 13.3 Å². The molecule has 1 atom stereocenters. The third-order valence-corrected chi connectivity index (χ3v) is 1.72. The Balaban J connectivity index is 2.50. The maximum absolute atomic E-state index is 11.3. The van der Waals surface area contributed by atoms with E-state index in [1.165, 1.54) is 10.9 Å². The smallest absolute Gasteiger partial charge is 0.327 e. The highest BCUT2D eigenvalue weighted by molar-refractivity contribution is 5.76. The second-order valence-corrected chi connectivity index (χ2v) is 2.73. The van der Waals surface area contributed by atoms with Gasteiger partial charge in [0.2, 0.25) is 0 Å². The van der Waals surface area contributed by atoms with Gasteiger partial charge in [-0.2, -0.15) is 0 Å². The summed E-state index contributed by atoms with van der Waals surface area (Å²) in [5.41, 5.74) is 0. The summed E-state index contributed by atoms with van der Waals surface area (Å²) in [6, 6.07) is 0.0850. The molecule has 0 aromatic carbocycles. The summed E-state index contributed by atoms with van der Waals surface area (Å²) in [7, 11) is 0. The van der Waals surface area contributed by atoms with Crippen molar-refractivity contribution in [2.75, 3.05) is 0 Å². The quantitative estimate of drug-likeness (QED) is 0.720. The molecule has 66 valence electrons. The predicted octanol–water partition coefficient (Wildman–Crippen LogP) is 1.24. The molecule has 0 bridgehead atoms. The van der Waals surface area contributed by atoms with Crippen molar-refractivity contribution < 1.29 is 4.79 Å². The molecular formula is C8H13N3O. The molecule has 0 radical (unpaired) electrons. The molecule has 1 aromatic rings. The summed E-state index contributed by atoms with van der Waals surface area (Å²) in [6.07, 6.45) is 5.62. The van der Waals surface area contributed by atoms with Crippen LogP contribution in [-0.4, -0.2) is 21.6 Å². The molecule has 1 aromatic heterocycles. The summed E-state index contributed by atoms with van der Waals surface area (Å²) in [5, 5.41) is 2.82. The van der Waals surface area contributed by atoms with Crippen molar-refractivity contribution in [2.24, 2.45) is 0 Å². The van der Waals surface area contributed by atoms with E-state index < -0.39 is 0 Å². The summed E-state index contributed by atoms with van der Waals surface area (Å²) in [4.78, 5) is 15.1. The highest BCUT2D eigenvalue weighted by Gasteiger charge is 2.05. The lowest BCUT2D eigenvalue weighted by Crippen LogP contribution is -2.34. The zero-order valence-electron chi connectivity index (χ0n) is 7.32. The third kappa shape index (κ3) is 2.08. The van der Waals surface area contributed by atoms with E-state index in [2.05, 4.69) is 10.3 Å². The molecule has 0 unspecified atom stereocenters. The minimum Gasteiger partial charge on any atom is -0.335 e. The zero-order chi connectivity index (χ0) is 8.97. The number of hydrogen-bond donors (Lipinski definition) is 1. The number of carbonyl (C=O) groups excluding carboxylic acids is 1. The van der Waals surface area contributed by atoms with Crippen molar-refractivity contribution in [2.45, 2.75) is 26.3 Å². The molecular weight excluding hydrogens is 154 g/mol. The zero-order valence-corrected chi connectivity index (χ0v) is 7.32. The van der Waals surface area contributed by atoms with Crippen LogP contribution >= 0.6 is 0 Å². The molecule has 12 heavy (non-hydrogen) atoms. The Morgan fingerprint density at radius 2 is 2.50 bits per heavy atom. The van der Waals surface area contributed by atoms with Gasteiger partial charge in [-0.15, -0.1) is 0 Å². The number of nitrogens with one attached hydrogen (secondary N) is 1. The molecule has 1 amide bonds. The Kier molecular flexibility index (Phi) is 2.85. The monoisotopic (exact) mass is 167 g/mol. The van der Waals surface area contributed by atoms with Crippen LogP contribution in [0.25, 0.3) is 0 Å². The van der Waals surface area contributed by atoms with E-state index >= 15 is 0 Å². The highest BCUT2D eigenvalue weighted by Crippen LogP contribution is 1.90. The molecule has 1 rings (SSSR count). The average molecular weight is 167 g/mol. The molecule has 0 aliphatic rings. The first-order valence-corrected chi connectivity index (χ1v) is 4.03. The molecule has 4 nitrogen and oxygen atoms in total. The molecule has 0 saturated carbocycles. The number of carbonyl (C=O) groups is 1. The van der Waals surface area contributed by atoms with Gasteiger partial charge in [-0.1, -0.05) is 6.92 Å². The number of amides is 1. The third-order valence-electron chi connectivity index (χ3n) is 1.72. The van der Waals surface area contributed by atoms with E-state index in [-0.39, 0.29) is 12.1 Å². The lowest BCUT2D eigenvalue weighted by atomic mass is 10.3. The molecule has 0 saturated heterocycles. The summed E-state index contributed by atoms with van der Waals surface area (Å²) in [6.45, 7) is 3.99. The van der Waals surface area contributed by atoms with E-state index in [4.69, 9.17) is 0 Å². The average Bonchev–Trinajstić information content (AvgIpc) is 2.56. The number of imidazole rings is 1. The van der Waals surface area contributed by atoms with Crippen LogP contribution in [0.1, 0.15) is 20.3 Å². The lowest BCUT2D eigenvalue weighted by molar-refractivity contribution is 0.239. The first kappa shape index (κ1) is 8.77. The van der Waals surface area contributed by atoms with Crippen molar-refractivity contribution in [1.29, 1.82) is 0 Å². The fourth-order valence-electron chi connectivity index (χ4n) is 0.767. The maximum atomic E-state index is 11.3. The van der Waals surface area contributed by atoms with Gasteiger partial charge >= 0.3 is 6.03 Å². The van der Waals surface area contributed by atoms with Gasteiger partial charge in [0.25, 0.3) is 0 Å². The number of hydrogen-bond acceptors (Lipinski definition) is 2. The molecule has 0 spiro atoms. The first-order valence-electron chi connectivity index (χ1n) is 4.03. The SMILES string of the molecule is CC[C@H](C)NC(=O)n1ccnc1. The molecule has 1 N–H and O–H groups in total. The van der Waals surface area contributed by atoms with Crippen LogP contribution in [0.4, 0.5) is 4.79 Å². The van der Waals surface area contributed by atoms with Crippen molar-refractivity contribution in [3.05, 3.63) is 18.7 Å². The summed E-state index contributed by atoms with van der Waals surface area (Å²) >= 11 is 0. The first-order chi connectivity index (χ1) is 5.74. The van der Waals surface area contributed by atoms with E-state index in [0.29, 0.717) is 0 Å². The van der Waals surface area contributed by atoms with Gasteiger partial charge in [-0.25, -0.2) is 9.78 Å². The van der Waals surface area contributed by atoms with Crippen LogP contribution < -0.4 is 5.32 Å². The number of aromatic nitrogens is 2. The standard InChI is InChI=1S/C8H13N3O/c1-3-7(2)10-8(12)11-5-4-9-6-11/h4-7H,3H2,1-2H3,(H,10,12)/t7-/m0/s1. The minimum atomic E-state index is -0.123. The van der Waals surface area contributed by atoms with Crippen LogP contribution in [0.5, 0.6) is 0 Å². The fraction of sp³-hybridized carbons (Fsp3) is 0.500. The molecule has 0 aliphatic carbocycles. The largest absolute Gasteiger partial charge is 0.335 e. The van der Waals surface area contributed by atoms with Gasteiger partial charge < -0.3 is 5.32 Å². The van der Waals surface area contributed by atoms with Crippen molar-refractivity contribution in [1.82, 2.24) is 14.9 Å². The van der Waals surface area contributed by atoms with E-state index in [9.17, 15) is 4.79 Å². The Labute approximate surface area is 71.6 Å². The van der Waals surface area contributed by atoms with Crippen LogP contribution in [0.3, 0.4) is 0 Å². The Bertz CT molecular complexity index is 243. The molecule has 4 heteroatoms. The predicted molar refractivity (Wildman–Crippen MR) is 45.9 cm³/mol. The van der Waals surface area contributed by atoms with Gasteiger partial charge in [0.05, 0.1) is 0 Å². The topological polar surface area (TPSA) is 46.9 Å². The van der Waals surface area contributed by atoms with E-state index in [1.807, 2.05) is 13.8 Å². The van der Waals surface area contributed by atoms with E-state index in [0.717, 1.165) is 6.42 Å². The summed E-state index contributed by atoms with van der Waals surface area (Å²) < 4.78 is 1.42. The number of rotatable bonds is 2. The molecule has 1 heterocycles. The van der Waals surface area contributed by atoms with Gasteiger partial charge in [-0.3, -0.25) is 4.57 Å². The minimum absolute atomic E-state index is 0.123. The lowest BCUT2D eigenvalue weighted by Gasteiger charge is -2.10. The normalized spacial score (nSPS) is 12.5. The highest BCUT2D eigenvalue weighted by atomic mass is 16.2. The van der Waals surface area contributed by atoms with Crippen molar-refractivity contribution >= 4 is 6.03 Å². The molecule has 0 fully saturated rings. The van der Waals surface area contributed by atoms with Crippen molar-refractivity contribution in [3.63, 3.8) is 0 Å². The van der Waals surface area contributed by atoms with Gasteiger partial charge in [0.1, 0.15) is 6.33 Å². The maximum Gasteiger partial charge on any atom is 0.327 e. The van der Waals surface area contributed by atoms with Crippen molar-refractivity contribution in [3.8, 4) is 0 Å². The Morgan fingerprint density at radius 1 is 1.75 bits per heavy atom. The Morgan fingerprint density at radius 3 is 3.00 bits per heavy atom. The van der Waals surface area contributed by atoms with Gasteiger partial charge in [0.15, 0.2) is 0 Å². The second kappa shape index (κ2) is 3.90. The van der Waals surface area contributed by atoms with Crippen LogP contribution in [-0.2, 0) is 0 Å². The number of nitrogens with zero attached hydrogens (tertiary/aromatic N) is 2. The fourth-order valence-corrected chi connectivity index (χ4v) is 0.767. The van der Waals surface area contributed by atoms with Gasteiger partial charge in [0, 0.05) is 18.4 Å². The molecule has 0 aliphatic heterocycles.